The fourth-order valence-corrected chi connectivity index (χ4v) is 2.68. The number of ether oxygens (including phenoxy) is 1. The number of nitrogens with two attached hydrogens (primary N) is 1. The third-order valence-corrected chi connectivity index (χ3v) is 3.88. The van der Waals surface area contributed by atoms with E-state index in [-0.39, 0.29) is 5.97 Å². The second-order valence-corrected chi connectivity index (χ2v) is 5.54. The SMILES string of the molecule is CCOC(=O)c1cc(N)cnc1N1CCC(N(C)C)CC1. The summed E-state index contributed by atoms with van der Waals surface area (Å²) in [5.74, 6) is 0.321. The van der Waals surface area contributed by atoms with Crippen molar-refractivity contribution in [3.8, 4) is 0 Å². The van der Waals surface area contributed by atoms with Gasteiger partial charge in [-0.25, -0.2) is 9.78 Å². The summed E-state index contributed by atoms with van der Waals surface area (Å²) < 4.78 is 5.10. The number of carbonyl (C=O) groups is 1. The third kappa shape index (κ3) is 3.64. The van der Waals surface area contributed by atoms with E-state index in [0.717, 1.165) is 25.9 Å². The van der Waals surface area contributed by atoms with Crippen LogP contribution in [0, 0.1) is 0 Å². The molecular formula is C15H24N4O2. The molecule has 1 aliphatic rings. The van der Waals surface area contributed by atoms with Gasteiger partial charge in [0.2, 0.25) is 0 Å². The molecule has 1 aliphatic heterocycles. The van der Waals surface area contributed by atoms with Crippen LogP contribution < -0.4 is 10.6 Å². The van der Waals surface area contributed by atoms with E-state index in [1.165, 1.54) is 0 Å². The first kappa shape index (κ1) is 15.6. The monoisotopic (exact) mass is 292 g/mol. The van der Waals surface area contributed by atoms with Gasteiger partial charge in [0.1, 0.15) is 11.4 Å². The van der Waals surface area contributed by atoms with Crippen molar-refractivity contribution in [3.05, 3.63) is 17.8 Å². The predicted molar refractivity (Wildman–Crippen MR) is 83.5 cm³/mol. The van der Waals surface area contributed by atoms with Gasteiger partial charge >= 0.3 is 5.97 Å². The number of nitrogen functional groups attached to an aromatic ring is 1. The van der Waals surface area contributed by atoms with Crippen LogP contribution in [-0.2, 0) is 4.74 Å². The van der Waals surface area contributed by atoms with Crippen LogP contribution in [0.3, 0.4) is 0 Å². The maximum Gasteiger partial charge on any atom is 0.341 e. The molecule has 0 atom stereocenters. The highest BCUT2D eigenvalue weighted by atomic mass is 16.5. The van der Waals surface area contributed by atoms with Crippen LogP contribution in [-0.4, -0.2) is 55.7 Å². The lowest BCUT2D eigenvalue weighted by atomic mass is 10.0. The number of hydrogen-bond donors (Lipinski definition) is 1. The summed E-state index contributed by atoms with van der Waals surface area (Å²) in [6, 6.07) is 2.24. The van der Waals surface area contributed by atoms with Crippen molar-refractivity contribution in [2.75, 3.05) is 44.4 Å². The van der Waals surface area contributed by atoms with Gasteiger partial charge in [0.05, 0.1) is 18.5 Å². The Morgan fingerprint density at radius 3 is 2.71 bits per heavy atom. The Bertz CT molecular complexity index is 496. The molecule has 2 N–H and O–H groups in total. The maximum atomic E-state index is 12.1. The summed E-state index contributed by atoms with van der Waals surface area (Å²) in [6.07, 6.45) is 3.71. The summed E-state index contributed by atoms with van der Waals surface area (Å²) in [5, 5.41) is 0. The van der Waals surface area contributed by atoms with E-state index in [2.05, 4.69) is 28.9 Å². The highest BCUT2D eigenvalue weighted by molar-refractivity contribution is 5.95. The Balaban J connectivity index is 2.18. The second-order valence-electron chi connectivity index (χ2n) is 5.54. The molecule has 0 saturated carbocycles. The summed E-state index contributed by atoms with van der Waals surface area (Å²) >= 11 is 0. The first-order valence-electron chi connectivity index (χ1n) is 7.37. The van der Waals surface area contributed by atoms with E-state index in [0.29, 0.717) is 29.7 Å². The van der Waals surface area contributed by atoms with Crippen molar-refractivity contribution in [1.82, 2.24) is 9.88 Å². The van der Waals surface area contributed by atoms with Crippen LogP contribution in [0.2, 0.25) is 0 Å². The van der Waals surface area contributed by atoms with Crippen molar-refractivity contribution in [3.63, 3.8) is 0 Å². The molecular weight excluding hydrogens is 268 g/mol. The highest BCUT2D eigenvalue weighted by Crippen LogP contribution is 2.25. The lowest BCUT2D eigenvalue weighted by molar-refractivity contribution is 0.0526. The molecule has 6 heteroatoms. The third-order valence-electron chi connectivity index (χ3n) is 3.88. The Hall–Kier alpha value is -1.82. The van der Waals surface area contributed by atoms with Crippen molar-refractivity contribution < 1.29 is 9.53 Å². The van der Waals surface area contributed by atoms with Crippen molar-refractivity contribution >= 4 is 17.5 Å². The number of anilines is 2. The molecule has 1 aromatic heterocycles. The molecule has 21 heavy (non-hydrogen) atoms. The molecule has 2 rings (SSSR count). The van der Waals surface area contributed by atoms with E-state index in [4.69, 9.17) is 10.5 Å². The fraction of sp³-hybridized carbons (Fsp3) is 0.600. The minimum atomic E-state index is -0.359. The van der Waals surface area contributed by atoms with Gasteiger partial charge in [0.25, 0.3) is 0 Å². The van der Waals surface area contributed by atoms with Gasteiger partial charge in [-0.15, -0.1) is 0 Å². The predicted octanol–water partition coefficient (Wildman–Crippen LogP) is 1.37. The molecule has 0 unspecified atom stereocenters. The van der Waals surface area contributed by atoms with Crippen molar-refractivity contribution in [1.29, 1.82) is 0 Å². The molecule has 0 spiro atoms. The Labute approximate surface area is 125 Å². The zero-order valence-electron chi connectivity index (χ0n) is 13.0. The van der Waals surface area contributed by atoms with E-state index in [9.17, 15) is 4.79 Å². The lowest BCUT2D eigenvalue weighted by Crippen LogP contribution is -2.42. The maximum absolute atomic E-state index is 12.1. The standard InChI is InChI=1S/C15H24N4O2/c1-4-21-15(20)13-9-11(16)10-17-14(13)19-7-5-12(6-8-19)18(2)3/h9-10,12H,4-8,16H2,1-3H3. The molecule has 1 aromatic rings. The van der Waals surface area contributed by atoms with Crippen LogP contribution in [0.4, 0.5) is 11.5 Å². The van der Waals surface area contributed by atoms with Gasteiger partial charge < -0.3 is 20.3 Å². The van der Waals surface area contributed by atoms with E-state index in [1.807, 2.05) is 0 Å². The average molecular weight is 292 g/mol. The summed E-state index contributed by atoms with van der Waals surface area (Å²) in [5.41, 5.74) is 6.69. The number of nitrogens with zero attached hydrogens (tertiary/aromatic N) is 3. The van der Waals surface area contributed by atoms with Gasteiger partial charge in [-0.2, -0.15) is 0 Å². The molecule has 0 radical (unpaired) electrons. The van der Waals surface area contributed by atoms with E-state index < -0.39 is 0 Å². The first-order valence-corrected chi connectivity index (χ1v) is 7.37. The van der Waals surface area contributed by atoms with Gasteiger partial charge in [-0.1, -0.05) is 0 Å². The number of esters is 1. The summed E-state index contributed by atoms with van der Waals surface area (Å²) in [7, 11) is 4.21. The van der Waals surface area contributed by atoms with Crippen LogP contribution in [0.25, 0.3) is 0 Å². The van der Waals surface area contributed by atoms with Gasteiger partial charge in [-0.3, -0.25) is 0 Å². The summed E-state index contributed by atoms with van der Waals surface area (Å²) in [4.78, 5) is 20.8. The smallest absolute Gasteiger partial charge is 0.341 e. The van der Waals surface area contributed by atoms with Gasteiger partial charge in [0, 0.05) is 19.1 Å². The van der Waals surface area contributed by atoms with Gasteiger partial charge in [-0.05, 0) is 39.9 Å². The lowest BCUT2D eigenvalue weighted by Gasteiger charge is -2.36. The highest BCUT2D eigenvalue weighted by Gasteiger charge is 2.25. The average Bonchev–Trinajstić information content (AvgIpc) is 2.47. The Morgan fingerprint density at radius 1 is 1.48 bits per heavy atom. The molecule has 1 saturated heterocycles. The van der Waals surface area contributed by atoms with Crippen LogP contribution in [0.15, 0.2) is 12.3 Å². The topological polar surface area (TPSA) is 71.7 Å². The molecule has 6 nitrogen and oxygen atoms in total. The Kier molecular flexibility index (Phi) is 5.01. The molecule has 116 valence electrons. The number of hydrogen-bond acceptors (Lipinski definition) is 6. The molecule has 0 aromatic carbocycles. The minimum Gasteiger partial charge on any atom is -0.462 e. The molecule has 0 amide bonds. The molecule has 2 heterocycles. The largest absolute Gasteiger partial charge is 0.462 e. The molecule has 0 aliphatic carbocycles. The second kappa shape index (κ2) is 6.76. The number of piperidine rings is 1. The zero-order valence-corrected chi connectivity index (χ0v) is 13.0. The molecule has 0 bridgehead atoms. The quantitative estimate of drug-likeness (QED) is 0.845. The number of pyridine rings is 1. The summed E-state index contributed by atoms with van der Waals surface area (Å²) in [6.45, 7) is 3.90. The van der Waals surface area contributed by atoms with E-state index >= 15 is 0 Å². The fourth-order valence-electron chi connectivity index (χ4n) is 2.68. The van der Waals surface area contributed by atoms with Gasteiger partial charge in [0.15, 0.2) is 0 Å². The normalized spacial score (nSPS) is 16.3. The first-order chi connectivity index (χ1) is 10.0. The number of carbonyl (C=O) groups excluding carboxylic acids is 1. The zero-order chi connectivity index (χ0) is 15.4. The van der Waals surface area contributed by atoms with Crippen LogP contribution >= 0.6 is 0 Å². The van der Waals surface area contributed by atoms with Crippen molar-refractivity contribution in [2.24, 2.45) is 0 Å². The number of rotatable bonds is 4. The molecule has 1 fully saturated rings. The minimum absolute atomic E-state index is 0.343. The Morgan fingerprint density at radius 2 is 2.14 bits per heavy atom. The van der Waals surface area contributed by atoms with Crippen molar-refractivity contribution in [2.45, 2.75) is 25.8 Å². The van der Waals surface area contributed by atoms with Crippen LogP contribution in [0.1, 0.15) is 30.1 Å². The van der Waals surface area contributed by atoms with Crippen LogP contribution in [0.5, 0.6) is 0 Å². The van der Waals surface area contributed by atoms with E-state index in [1.54, 1.807) is 19.2 Å². The number of aromatic nitrogens is 1.